The Morgan fingerprint density at radius 2 is 2.06 bits per heavy atom. The van der Waals surface area contributed by atoms with Crippen molar-refractivity contribution in [3.8, 4) is 0 Å². The van der Waals surface area contributed by atoms with Crippen LogP contribution in [0.15, 0.2) is 40.9 Å². The van der Waals surface area contributed by atoms with E-state index in [2.05, 4.69) is 52.2 Å². The average Bonchev–Trinajstić information content (AvgIpc) is 2.26. The normalized spacial score (nSPS) is 12.4. The molecule has 3 heteroatoms. The summed E-state index contributed by atoms with van der Waals surface area (Å²) < 4.78 is 1.11. The van der Waals surface area contributed by atoms with Gasteiger partial charge in [-0.15, -0.1) is 6.58 Å². The molecule has 2 nitrogen and oxygen atoms in total. The summed E-state index contributed by atoms with van der Waals surface area (Å²) in [6, 6.07) is 8.67. The molecule has 0 aliphatic rings. The van der Waals surface area contributed by atoms with Gasteiger partial charge < -0.3 is 0 Å². The van der Waals surface area contributed by atoms with Crippen molar-refractivity contribution in [2.75, 3.05) is 0 Å². The highest BCUT2D eigenvalue weighted by Gasteiger charge is 2.07. The summed E-state index contributed by atoms with van der Waals surface area (Å²) in [5.74, 6) is 5.55. The molecular weight excluding hydrogens is 264 g/mol. The second kappa shape index (κ2) is 6.84. The maximum absolute atomic E-state index is 5.55. The van der Waals surface area contributed by atoms with Crippen LogP contribution < -0.4 is 11.3 Å². The molecule has 88 valence electrons. The van der Waals surface area contributed by atoms with Crippen molar-refractivity contribution in [2.24, 2.45) is 5.84 Å². The number of benzene rings is 1. The molecule has 0 radical (unpaired) electrons. The highest BCUT2D eigenvalue weighted by molar-refractivity contribution is 9.10. The molecule has 0 bridgehead atoms. The topological polar surface area (TPSA) is 38.0 Å². The number of hydrazine groups is 1. The molecule has 16 heavy (non-hydrogen) atoms. The third-order valence-corrected chi connectivity index (χ3v) is 3.08. The molecule has 1 aromatic rings. The first-order valence-electron chi connectivity index (χ1n) is 5.46. The van der Waals surface area contributed by atoms with E-state index in [0.29, 0.717) is 6.04 Å². The van der Waals surface area contributed by atoms with Crippen molar-refractivity contribution in [1.82, 2.24) is 5.43 Å². The molecule has 1 rings (SSSR count). The summed E-state index contributed by atoms with van der Waals surface area (Å²) in [6.45, 7) is 5.95. The Hall–Kier alpha value is -0.640. The molecule has 0 aliphatic heterocycles. The maximum Gasteiger partial charge on any atom is 0.0253 e. The van der Waals surface area contributed by atoms with Crippen molar-refractivity contribution >= 4 is 15.9 Å². The fourth-order valence-electron chi connectivity index (χ4n) is 1.57. The number of rotatable bonds is 6. The van der Waals surface area contributed by atoms with Crippen LogP contribution in [-0.4, -0.2) is 6.04 Å². The lowest BCUT2D eigenvalue weighted by molar-refractivity contribution is 0.491. The van der Waals surface area contributed by atoms with Gasteiger partial charge in [-0.05, 0) is 43.9 Å². The molecule has 1 unspecified atom stereocenters. The second-order valence-corrected chi connectivity index (χ2v) is 5.11. The SMILES string of the molecule is C=C(C)CCC(Cc1ccc(Br)cc1)NN. The molecule has 1 aromatic carbocycles. The molecular formula is C13H19BrN2. The molecule has 0 amide bonds. The number of nitrogens with one attached hydrogen (secondary N) is 1. The van der Waals surface area contributed by atoms with Crippen LogP contribution >= 0.6 is 15.9 Å². The Kier molecular flexibility index (Phi) is 5.74. The van der Waals surface area contributed by atoms with E-state index < -0.39 is 0 Å². The van der Waals surface area contributed by atoms with E-state index in [-0.39, 0.29) is 0 Å². The highest BCUT2D eigenvalue weighted by Crippen LogP contribution is 2.14. The van der Waals surface area contributed by atoms with Gasteiger partial charge in [0.2, 0.25) is 0 Å². The minimum atomic E-state index is 0.317. The Balaban J connectivity index is 2.49. The third kappa shape index (κ3) is 4.92. The van der Waals surface area contributed by atoms with Crippen LogP contribution in [0.25, 0.3) is 0 Å². The van der Waals surface area contributed by atoms with Crippen LogP contribution in [-0.2, 0) is 6.42 Å². The lowest BCUT2D eigenvalue weighted by Gasteiger charge is -2.15. The third-order valence-electron chi connectivity index (χ3n) is 2.55. The van der Waals surface area contributed by atoms with Gasteiger partial charge in [0.25, 0.3) is 0 Å². The summed E-state index contributed by atoms with van der Waals surface area (Å²) in [6.07, 6.45) is 3.00. The van der Waals surface area contributed by atoms with Crippen LogP contribution in [0, 0.1) is 0 Å². The van der Waals surface area contributed by atoms with Gasteiger partial charge in [0.15, 0.2) is 0 Å². The van der Waals surface area contributed by atoms with Gasteiger partial charge >= 0.3 is 0 Å². The van der Waals surface area contributed by atoms with E-state index in [4.69, 9.17) is 5.84 Å². The van der Waals surface area contributed by atoms with Crippen LogP contribution in [0.3, 0.4) is 0 Å². The van der Waals surface area contributed by atoms with Crippen LogP contribution in [0.2, 0.25) is 0 Å². The summed E-state index contributed by atoms with van der Waals surface area (Å²) >= 11 is 3.43. The summed E-state index contributed by atoms with van der Waals surface area (Å²) in [5, 5.41) is 0. The Morgan fingerprint density at radius 1 is 1.44 bits per heavy atom. The van der Waals surface area contributed by atoms with E-state index in [1.165, 1.54) is 11.1 Å². The fourth-order valence-corrected chi connectivity index (χ4v) is 1.83. The van der Waals surface area contributed by atoms with Crippen LogP contribution in [0.4, 0.5) is 0 Å². The van der Waals surface area contributed by atoms with E-state index in [1.54, 1.807) is 0 Å². The molecule has 0 saturated heterocycles. The van der Waals surface area contributed by atoms with Crippen molar-refractivity contribution in [3.63, 3.8) is 0 Å². The minimum absolute atomic E-state index is 0.317. The smallest absolute Gasteiger partial charge is 0.0253 e. The van der Waals surface area contributed by atoms with Gasteiger partial charge in [0.05, 0.1) is 0 Å². The van der Waals surface area contributed by atoms with Gasteiger partial charge in [-0.3, -0.25) is 11.3 Å². The molecule has 0 heterocycles. The Bertz CT molecular complexity index is 332. The van der Waals surface area contributed by atoms with Crippen molar-refractivity contribution in [2.45, 2.75) is 32.2 Å². The molecule has 0 aliphatic carbocycles. The van der Waals surface area contributed by atoms with E-state index in [9.17, 15) is 0 Å². The molecule has 0 spiro atoms. The van der Waals surface area contributed by atoms with Crippen LogP contribution in [0.1, 0.15) is 25.3 Å². The zero-order chi connectivity index (χ0) is 12.0. The number of allylic oxidation sites excluding steroid dienone is 1. The molecule has 0 saturated carbocycles. The number of hydrogen-bond donors (Lipinski definition) is 2. The minimum Gasteiger partial charge on any atom is -0.271 e. The quantitative estimate of drug-likeness (QED) is 0.478. The number of halogens is 1. The molecule has 3 N–H and O–H groups in total. The lowest BCUT2D eigenvalue weighted by atomic mass is 10.0. The van der Waals surface area contributed by atoms with Gasteiger partial charge in [-0.25, -0.2) is 0 Å². The lowest BCUT2D eigenvalue weighted by Crippen LogP contribution is -2.36. The molecule has 0 fully saturated rings. The average molecular weight is 283 g/mol. The fraction of sp³-hybridized carbons (Fsp3) is 0.385. The van der Waals surface area contributed by atoms with Crippen LogP contribution in [0.5, 0.6) is 0 Å². The number of nitrogens with two attached hydrogens (primary N) is 1. The second-order valence-electron chi connectivity index (χ2n) is 4.19. The van der Waals surface area contributed by atoms with Gasteiger partial charge in [-0.2, -0.15) is 0 Å². The van der Waals surface area contributed by atoms with E-state index >= 15 is 0 Å². The highest BCUT2D eigenvalue weighted by atomic mass is 79.9. The van der Waals surface area contributed by atoms with Crippen molar-refractivity contribution in [3.05, 3.63) is 46.5 Å². The van der Waals surface area contributed by atoms with Gasteiger partial charge in [0.1, 0.15) is 0 Å². The van der Waals surface area contributed by atoms with Gasteiger partial charge in [0, 0.05) is 10.5 Å². The first-order valence-corrected chi connectivity index (χ1v) is 6.26. The monoisotopic (exact) mass is 282 g/mol. The predicted molar refractivity (Wildman–Crippen MR) is 73.0 cm³/mol. The predicted octanol–water partition coefficient (Wildman–Crippen LogP) is 3.18. The largest absolute Gasteiger partial charge is 0.271 e. The van der Waals surface area contributed by atoms with Crippen molar-refractivity contribution < 1.29 is 0 Å². The van der Waals surface area contributed by atoms with E-state index in [1.807, 2.05) is 6.92 Å². The first-order chi connectivity index (χ1) is 7.61. The summed E-state index contributed by atoms with van der Waals surface area (Å²) in [4.78, 5) is 0. The Morgan fingerprint density at radius 3 is 2.56 bits per heavy atom. The first kappa shape index (κ1) is 13.4. The van der Waals surface area contributed by atoms with E-state index in [0.717, 1.165) is 23.7 Å². The standard InChI is InChI=1S/C13H19BrN2/c1-10(2)3-8-13(16-15)9-11-4-6-12(14)7-5-11/h4-7,13,16H,1,3,8-9,15H2,2H3. The molecule has 1 atom stereocenters. The zero-order valence-electron chi connectivity index (χ0n) is 9.67. The van der Waals surface area contributed by atoms with Crippen molar-refractivity contribution in [1.29, 1.82) is 0 Å². The number of hydrogen-bond acceptors (Lipinski definition) is 2. The zero-order valence-corrected chi connectivity index (χ0v) is 11.3. The summed E-state index contributed by atoms with van der Waals surface area (Å²) in [7, 11) is 0. The maximum atomic E-state index is 5.55. The molecule has 0 aromatic heterocycles. The van der Waals surface area contributed by atoms with Gasteiger partial charge in [-0.1, -0.05) is 33.6 Å². The summed E-state index contributed by atoms with van der Waals surface area (Å²) in [5.41, 5.74) is 5.37. The Labute approximate surface area is 106 Å².